The van der Waals surface area contributed by atoms with Crippen molar-refractivity contribution in [1.82, 2.24) is 4.72 Å². The van der Waals surface area contributed by atoms with E-state index in [1.807, 2.05) is 20.8 Å². The van der Waals surface area contributed by atoms with Gasteiger partial charge in [0.25, 0.3) is 0 Å². The molecule has 6 heteroatoms. The molecule has 0 fully saturated rings. The number of sulfonamides is 1. The third kappa shape index (κ3) is 3.92. The molecule has 0 heterocycles. The largest absolute Gasteiger partial charge is 0.398 e. The summed E-state index contributed by atoms with van der Waals surface area (Å²) in [6.07, 6.45) is 0.651. The molecule has 1 atom stereocenters. The normalized spacial score (nSPS) is 13.5. The van der Waals surface area contributed by atoms with E-state index in [1.54, 1.807) is 19.2 Å². The van der Waals surface area contributed by atoms with Crippen molar-refractivity contribution in [3.8, 4) is 0 Å². The van der Waals surface area contributed by atoms with E-state index in [4.69, 9.17) is 10.5 Å². The average Bonchev–Trinajstić information content (AvgIpc) is 2.32. The van der Waals surface area contributed by atoms with Gasteiger partial charge in [0.05, 0.1) is 12.3 Å². The van der Waals surface area contributed by atoms with Crippen molar-refractivity contribution in [1.29, 1.82) is 0 Å². The fraction of sp³-hybridized carbons (Fsp3) is 0.538. The second-order valence-electron chi connectivity index (χ2n) is 4.66. The Bertz CT molecular complexity index is 541. The van der Waals surface area contributed by atoms with Gasteiger partial charge in [0.15, 0.2) is 0 Å². The van der Waals surface area contributed by atoms with Crippen LogP contribution < -0.4 is 10.5 Å². The van der Waals surface area contributed by atoms with Crippen LogP contribution >= 0.6 is 0 Å². The number of rotatable bonds is 6. The van der Waals surface area contributed by atoms with Gasteiger partial charge in [-0.2, -0.15) is 0 Å². The topological polar surface area (TPSA) is 81.4 Å². The lowest BCUT2D eigenvalue weighted by molar-refractivity contribution is 0.173. The van der Waals surface area contributed by atoms with Crippen LogP contribution in [0.15, 0.2) is 17.0 Å². The van der Waals surface area contributed by atoms with Crippen LogP contribution in [-0.2, 0) is 14.8 Å². The monoisotopic (exact) mass is 286 g/mol. The van der Waals surface area contributed by atoms with E-state index in [0.717, 1.165) is 11.1 Å². The number of methoxy groups -OCH3 is 1. The van der Waals surface area contributed by atoms with Gasteiger partial charge < -0.3 is 10.5 Å². The number of ether oxygens (including phenoxy) is 1. The number of hydrogen-bond acceptors (Lipinski definition) is 4. The van der Waals surface area contributed by atoms with Gasteiger partial charge in [-0.25, -0.2) is 13.1 Å². The Hall–Kier alpha value is -1.11. The summed E-state index contributed by atoms with van der Waals surface area (Å²) in [7, 11) is -2.08. The van der Waals surface area contributed by atoms with Gasteiger partial charge in [-0.3, -0.25) is 0 Å². The van der Waals surface area contributed by atoms with Crippen LogP contribution in [0.25, 0.3) is 0 Å². The van der Waals surface area contributed by atoms with E-state index in [1.165, 1.54) is 0 Å². The lowest BCUT2D eigenvalue weighted by Gasteiger charge is -2.17. The summed E-state index contributed by atoms with van der Waals surface area (Å²) >= 11 is 0. The fourth-order valence-electron chi connectivity index (χ4n) is 1.76. The molecular weight excluding hydrogens is 264 g/mol. The molecule has 0 aliphatic carbocycles. The van der Waals surface area contributed by atoms with Crippen molar-refractivity contribution in [2.75, 3.05) is 19.5 Å². The molecule has 1 aromatic rings. The molecule has 0 spiro atoms. The quantitative estimate of drug-likeness (QED) is 0.778. The maximum Gasteiger partial charge on any atom is 0.242 e. The van der Waals surface area contributed by atoms with Crippen molar-refractivity contribution in [2.24, 2.45) is 0 Å². The number of nitrogens with two attached hydrogens (primary N) is 1. The van der Waals surface area contributed by atoms with Crippen molar-refractivity contribution >= 4 is 15.7 Å². The first-order valence-electron chi connectivity index (χ1n) is 6.19. The van der Waals surface area contributed by atoms with Crippen molar-refractivity contribution in [2.45, 2.75) is 38.1 Å². The van der Waals surface area contributed by atoms with Gasteiger partial charge in [-0.1, -0.05) is 6.92 Å². The molecule has 0 aliphatic heterocycles. The average molecular weight is 286 g/mol. The third-order valence-electron chi connectivity index (χ3n) is 3.10. The molecule has 5 nitrogen and oxygen atoms in total. The molecule has 0 radical (unpaired) electrons. The number of nitrogens with one attached hydrogen (secondary N) is 1. The minimum absolute atomic E-state index is 0.130. The minimum Gasteiger partial charge on any atom is -0.398 e. The standard InChI is InChI=1S/C13H22N2O3S/c1-5-11(8-18-4)15-19(16,17)13-7-10(3)9(2)6-12(13)14/h6-7,11,15H,5,8,14H2,1-4H3. The second kappa shape index (κ2) is 6.36. The lowest BCUT2D eigenvalue weighted by Crippen LogP contribution is -2.37. The number of nitrogen functional groups attached to an aromatic ring is 1. The second-order valence-corrected chi connectivity index (χ2v) is 6.34. The van der Waals surface area contributed by atoms with Crippen molar-refractivity contribution < 1.29 is 13.2 Å². The minimum atomic E-state index is -3.62. The molecule has 3 N–H and O–H groups in total. The highest BCUT2D eigenvalue weighted by Crippen LogP contribution is 2.22. The first kappa shape index (κ1) is 15.9. The third-order valence-corrected chi connectivity index (χ3v) is 4.67. The SMILES string of the molecule is CCC(COC)NS(=O)(=O)c1cc(C)c(C)cc1N. The predicted molar refractivity (Wildman–Crippen MR) is 76.6 cm³/mol. The molecule has 0 bridgehead atoms. The Kier molecular flexibility index (Phi) is 5.34. The number of aryl methyl sites for hydroxylation is 2. The maximum absolute atomic E-state index is 12.3. The summed E-state index contributed by atoms with van der Waals surface area (Å²) in [6, 6.07) is 3.03. The number of anilines is 1. The molecule has 1 aromatic carbocycles. The zero-order valence-electron chi connectivity index (χ0n) is 11.9. The summed E-state index contributed by atoms with van der Waals surface area (Å²) < 4.78 is 32.2. The highest BCUT2D eigenvalue weighted by molar-refractivity contribution is 7.89. The van der Waals surface area contributed by atoms with Crippen molar-refractivity contribution in [3.63, 3.8) is 0 Å². The van der Waals surface area contributed by atoms with Crippen LogP contribution in [0.5, 0.6) is 0 Å². The summed E-state index contributed by atoms with van der Waals surface area (Å²) in [5, 5.41) is 0. The molecule has 1 rings (SSSR count). The van der Waals surface area contributed by atoms with Gasteiger partial charge >= 0.3 is 0 Å². The smallest absolute Gasteiger partial charge is 0.242 e. The van der Waals surface area contributed by atoms with Gasteiger partial charge in [0.1, 0.15) is 4.90 Å². The summed E-state index contributed by atoms with van der Waals surface area (Å²) in [4.78, 5) is 0.130. The number of benzene rings is 1. The zero-order valence-corrected chi connectivity index (χ0v) is 12.7. The van der Waals surface area contributed by atoms with Gasteiger partial charge in [0, 0.05) is 13.2 Å². The lowest BCUT2D eigenvalue weighted by atomic mass is 10.1. The zero-order chi connectivity index (χ0) is 14.6. The maximum atomic E-state index is 12.3. The predicted octanol–water partition coefficient (Wildman–Crippen LogP) is 1.59. The molecule has 108 valence electrons. The van der Waals surface area contributed by atoms with Crippen LogP contribution in [0.4, 0.5) is 5.69 Å². The molecule has 19 heavy (non-hydrogen) atoms. The van der Waals surface area contributed by atoms with E-state index >= 15 is 0 Å². The Morgan fingerprint density at radius 2 is 1.89 bits per heavy atom. The van der Waals surface area contributed by atoms with E-state index < -0.39 is 10.0 Å². The molecule has 1 unspecified atom stereocenters. The van der Waals surface area contributed by atoms with Crippen LogP contribution in [0.3, 0.4) is 0 Å². The van der Waals surface area contributed by atoms with Gasteiger partial charge in [0.2, 0.25) is 10.0 Å². The Balaban J connectivity index is 3.10. The molecule has 0 amide bonds. The Morgan fingerprint density at radius 1 is 1.32 bits per heavy atom. The van der Waals surface area contributed by atoms with Crippen LogP contribution in [-0.4, -0.2) is 28.2 Å². The molecule has 0 saturated heterocycles. The first-order valence-corrected chi connectivity index (χ1v) is 7.68. The van der Waals surface area contributed by atoms with E-state index in [9.17, 15) is 8.42 Å². The fourth-order valence-corrected chi connectivity index (χ4v) is 3.27. The van der Waals surface area contributed by atoms with Crippen molar-refractivity contribution in [3.05, 3.63) is 23.3 Å². The molecule has 0 saturated carbocycles. The first-order chi connectivity index (χ1) is 8.81. The molecule has 0 aromatic heterocycles. The van der Waals surface area contributed by atoms with Crippen LogP contribution in [0.2, 0.25) is 0 Å². The summed E-state index contributed by atoms with van der Waals surface area (Å²) in [5.74, 6) is 0. The van der Waals surface area contributed by atoms with Gasteiger partial charge in [-0.05, 0) is 43.5 Å². The van der Waals surface area contributed by atoms with Crippen LogP contribution in [0.1, 0.15) is 24.5 Å². The highest BCUT2D eigenvalue weighted by atomic mass is 32.2. The Morgan fingerprint density at radius 3 is 2.42 bits per heavy atom. The number of hydrogen-bond donors (Lipinski definition) is 2. The summed E-state index contributed by atoms with van der Waals surface area (Å²) in [6.45, 7) is 5.99. The molecular formula is C13H22N2O3S. The van der Waals surface area contributed by atoms with Gasteiger partial charge in [-0.15, -0.1) is 0 Å². The van der Waals surface area contributed by atoms with E-state index in [-0.39, 0.29) is 16.6 Å². The molecule has 0 aliphatic rings. The Labute approximate surface area is 115 Å². The summed E-state index contributed by atoms with van der Waals surface area (Å²) in [5.41, 5.74) is 7.95. The van der Waals surface area contributed by atoms with E-state index in [2.05, 4.69) is 4.72 Å². The van der Waals surface area contributed by atoms with E-state index in [0.29, 0.717) is 13.0 Å². The van der Waals surface area contributed by atoms with Crippen LogP contribution in [0, 0.1) is 13.8 Å². The highest BCUT2D eigenvalue weighted by Gasteiger charge is 2.22.